The van der Waals surface area contributed by atoms with Gasteiger partial charge in [0.25, 0.3) is 5.91 Å². The third-order valence-electron chi connectivity index (χ3n) is 4.27. The van der Waals surface area contributed by atoms with Gasteiger partial charge in [-0.1, -0.05) is 18.1 Å². The second kappa shape index (κ2) is 7.38. The van der Waals surface area contributed by atoms with E-state index in [0.29, 0.717) is 24.5 Å². The number of carbonyl (C=O) groups excluding carboxylic acids is 2. The maximum atomic E-state index is 12.6. The van der Waals surface area contributed by atoms with E-state index < -0.39 is 0 Å². The molecule has 1 amide bonds. The summed E-state index contributed by atoms with van der Waals surface area (Å²) in [6, 6.07) is 7.01. The van der Waals surface area contributed by atoms with E-state index in [1.807, 2.05) is 6.92 Å². The number of nitrogens with zero attached hydrogens (tertiary/aromatic N) is 3. The molecule has 0 bridgehead atoms. The number of pyridine rings is 1. The van der Waals surface area contributed by atoms with Gasteiger partial charge in [0, 0.05) is 37.7 Å². The Hall–Kier alpha value is -2.50. The molecule has 1 aliphatic rings. The molecule has 126 valence electrons. The highest BCUT2D eigenvalue weighted by Gasteiger charge is 2.31. The Kier molecular flexibility index (Phi) is 5.03. The quantitative estimate of drug-likeness (QED) is 0.789. The fraction of sp³-hybridized carbons (Fsp3) is 0.444. The molecule has 0 saturated carbocycles. The average Bonchev–Trinajstić information content (AvgIpc) is 3.10. The van der Waals surface area contributed by atoms with Crippen LogP contribution in [0.3, 0.4) is 0 Å². The molecule has 1 unspecified atom stereocenters. The monoisotopic (exact) mass is 327 g/mol. The number of ketones is 1. The van der Waals surface area contributed by atoms with E-state index in [2.05, 4.69) is 10.1 Å². The SMILES string of the molecule is CCCc1cc(C(=O)N2CCCC(C(=O)c3ccccn3)C2)no1. The molecule has 0 N–H and O–H groups in total. The second-order valence-electron chi connectivity index (χ2n) is 6.10. The number of carbonyl (C=O) groups is 2. The van der Waals surface area contributed by atoms with Crippen LogP contribution in [0.1, 0.15) is 52.9 Å². The Morgan fingerprint density at radius 3 is 2.96 bits per heavy atom. The summed E-state index contributed by atoms with van der Waals surface area (Å²) in [7, 11) is 0. The van der Waals surface area contributed by atoms with Gasteiger partial charge in [-0.2, -0.15) is 0 Å². The fourth-order valence-electron chi connectivity index (χ4n) is 3.03. The van der Waals surface area contributed by atoms with Crippen molar-refractivity contribution < 1.29 is 14.1 Å². The predicted molar refractivity (Wildman–Crippen MR) is 87.7 cm³/mol. The first-order valence-corrected chi connectivity index (χ1v) is 8.39. The highest BCUT2D eigenvalue weighted by Crippen LogP contribution is 2.22. The van der Waals surface area contributed by atoms with Crippen molar-refractivity contribution in [1.29, 1.82) is 0 Å². The topological polar surface area (TPSA) is 76.3 Å². The van der Waals surface area contributed by atoms with Crippen LogP contribution in [-0.2, 0) is 6.42 Å². The molecule has 6 nitrogen and oxygen atoms in total. The standard InChI is InChI=1S/C18H21N3O3/c1-2-6-14-11-16(20-24-14)18(23)21-10-5-7-13(12-21)17(22)15-8-3-4-9-19-15/h3-4,8-9,11,13H,2,5-7,10,12H2,1H3. The molecule has 2 aromatic rings. The van der Waals surface area contributed by atoms with Crippen LogP contribution in [0.25, 0.3) is 0 Å². The van der Waals surface area contributed by atoms with Crippen molar-refractivity contribution in [1.82, 2.24) is 15.0 Å². The van der Waals surface area contributed by atoms with E-state index in [1.54, 1.807) is 35.4 Å². The zero-order valence-electron chi connectivity index (χ0n) is 13.8. The van der Waals surface area contributed by atoms with E-state index in [1.165, 1.54) is 0 Å². The zero-order chi connectivity index (χ0) is 16.9. The third kappa shape index (κ3) is 3.53. The predicted octanol–water partition coefficient (Wildman–Crippen LogP) is 2.76. The van der Waals surface area contributed by atoms with Crippen molar-refractivity contribution in [3.63, 3.8) is 0 Å². The summed E-state index contributed by atoms with van der Waals surface area (Å²) >= 11 is 0. The lowest BCUT2D eigenvalue weighted by Crippen LogP contribution is -2.42. The molecule has 6 heteroatoms. The highest BCUT2D eigenvalue weighted by molar-refractivity contribution is 5.97. The second-order valence-corrected chi connectivity index (χ2v) is 6.10. The summed E-state index contributed by atoms with van der Waals surface area (Å²) in [6.45, 7) is 3.09. The molecule has 3 heterocycles. The van der Waals surface area contributed by atoms with Crippen LogP contribution >= 0.6 is 0 Å². The third-order valence-corrected chi connectivity index (χ3v) is 4.27. The van der Waals surface area contributed by atoms with Crippen molar-refractivity contribution in [3.8, 4) is 0 Å². The molecule has 0 aliphatic carbocycles. The minimum atomic E-state index is -0.209. The molecule has 24 heavy (non-hydrogen) atoms. The lowest BCUT2D eigenvalue weighted by molar-refractivity contribution is 0.0627. The minimum absolute atomic E-state index is 0.0000696. The van der Waals surface area contributed by atoms with E-state index in [0.717, 1.165) is 31.4 Å². The molecule has 1 aliphatic heterocycles. The summed E-state index contributed by atoms with van der Waals surface area (Å²) < 4.78 is 5.19. The molecule has 0 aromatic carbocycles. The molecule has 0 radical (unpaired) electrons. The molecule has 1 fully saturated rings. The van der Waals surface area contributed by atoms with Crippen molar-refractivity contribution >= 4 is 11.7 Å². The first-order chi connectivity index (χ1) is 11.7. The summed E-state index contributed by atoms with van der Waals surface area (Å²) in [5.41, 5.74) is 0.785. The first kappa shape index (κ1) is 16.4. The van der Waals surface area contributed by atoms with Gasteiger partial charge >= 0.3 is 0 Å². The van der Waals surface area contributed by atoms with Gasteiger partial charge in [0.15, 0.2) is 11.5 Å². The Bertz CT molecular complexity index is 711. The lowest BCUT2D eigenvalue weighted by atomic mass is 9.91. The van der Waals surface area contributed by atoms with E-state index in [9.17, 15) is 9.59 Å². The first-order valence-electron chi connectivity index (χ1n) is 8.39. The van der Waals surface area contributed by atoms with Gasteiger partial charge < -0.3 is 9.42 Å². The Morgan fingerprint density at radius 2 is 2.21 bits per heavy atom. The molecular formula is C18H21N3O3. The summed E-state index contributed by atoms with van der Waals surface area (Å²) in [6.07, 6.45) is 4.89. The molecule has 0 spiro atoms. The van der Waals surface area contributed by atoms with Crippen LogP contribution in [0.15, 0.2) is 35.0 Å². The number of Topliss-reactive ketones (excluding diaryl/α,β-unsaturated/α-hetero) is 1. The minimum Gasteiger partial charge on any atom is -0.361 e. The number of amides is 1. The van der Waals surface area contributed by atoms with E-state index in [4.69, 9.17) is 4.52 Å². The van der Waals surface area contributed by atoms with Gasteiger partial charge in [-0.05, 0) is 31.4 Å². The van der Waals surface area contributed by atoms with Crippen molar-refractivity contribution in [3.05, 3.63) is 47.6 Å². The number of hydrogen-bond acceptors (Lipinski definition) is 5. The maximum absolute atomic E-state index is 12.6. The largest absolute Gasteiger partial charge is 0.361 e. The number of aromatic nitrogens is 2. The zero-order valence-corrected chi connectivity index (χ0v) is 13.8. The number of piperidine rings is 1. The van der Waals surface area contributed by atoms with Gasteiger partial charge in [-0.15, -0.1) is 0 Å². The average molecular weight is 327 g/mol. The van der Waals surface area contributed by atoms with Gasteiger partial charge in [0.1, 0.15) is 11.5 Å². The summed E-state index contributed by atoms with van der Waals surface area (Å²) in [4.78, 5) is 31.0. The number of likely N-dealkylation sites (tertiary alicyclic amines) is 1. The molecular weight excluding hydrogens is 306 g/mol. The molecule has 1 saturated heterocycles. The Labute approximate surface area is 140 Å². The highest BCUT2D eigenvalue weighted by atomic mass is 16.5. The Morgan fingerprint density at radius 1 is 1.33 bits per heavy atom. The summed E-state index contributed by atoms with van der Waals surface area (Å²) in [5.74, 6) is 0.345. The van der Waals surface area contributed by atoms with Crippen LogP contribution < -0.4 is 0 Å². The fourth-order valence-corrected chi connectivity index (χ4v) is 3.03. The van der Waals surface area contributed by atoms with E-state index in [-0.39, 0.29) is 17.6 Å². The normalized spacial score (nSPS) is 17.7. The van der Waals surface area contributed by atoms with Gasteiger partial charge in [-0.25, -0.2) is 0 Å². The number of aryl methyl sites for hydroxylation is 1. The van der Waals surface area contributed by atoms with Gasteiger partial charge in [0.2, 0.25) is 0 Å². The van der Waals surface area contributed by atoms with Crippen molar-refractivity contribution in [2.24, 2.45) is 5.92 Å². The molecule has 1 atom stereocenters. The van der Waals surface area contributed by atoms with Gasteiger partial charge in [-0.3, -0.25) is 14.6 Å². The van der Waals surface area contributed by atoms with Crippen molar-refractivity contribution in [2.75, 3.05) is 13.1 Å². The van der Waals surface area contributed by atoms with Gasteiger partial charge in [0.05, 0.1) is 0 Å². The van der Waals surface area contributed by atoms with Crippen LogP contribution in [0, 0.1) is 5.92 Å². The Balaban J connectivity index is 1.68. The lowest BCUT2D eigenvalue weighted by Gasteiger charge is -2.31. The maximum Gasteiger partial charge on any atom is 0.276 e. The van der Waals surface area contributed by atoms with Crippen LogP contribution in [-0.4, -0.2) is 39.8 Å². The van der Waals surface area contributed by atoms with Crippen molar-refractivity contribution in [2.45, 2.75) is 32.6 Å². The number of rotatable bonds is 5. The number of hydrogen-bond donors (Lipinski definition) is 0. The summed E-state index contributed by atoms with van der Waals surface area (Å²) in [5, 5.41) is 3.87. The van der Waals surface area contributed by atoms with E-state index >= 15 is 0 Å². The van der Waals surface area contributed by atoms with Crippen LogP contribution in [0.5, 0.6) is 0 Å². The van der Waals surface area contributed by atoms with Crippen LogP contribution in [0.2, 0.25) is 0 Å². The molecule has 2 aromatic heterocycles. The van der Waals surface area contributed by atoms with Crippen LogP contribution in [0.4, 0.5) is 0 Å². The molecule has 3 rings (SSSR count). The smallest absolute Gasteiger partial charge is 0.276 e.